The van der Waals surface area contributed by atoms with Gasteiger partial charge in [-0.05, 0) is 39.7 Å². The summed E-state index contributed by atoms with van der Waals surface area (Å²) < 4.78 is 8.00. The first-order chi connectivity index (χ1) is 9.69. The van der Waals surface area contributed by atoms with Crippen LogP contribution in [0.25, 0.3) is 16.9 Å². The molecule has 5 heteroatoms. The summed E-state index contributed by atoms with van der Waals surface area (Å²) in [4.78, 5) is 4.60. The Hall–Kier alpha value is -1.85. The summed E-state index contributed by atoms with van der Waals surface area (Å²) in [7, 11) is 1.68. The van der Waals surface area contributed by atoms with E-state index in [0.29, 0.717) is 12.4 Å². The number of ether oxygens (including phenoxy) is 1. The molecule has 0 saturated heterocycles. The van der Waals surface area contributed by atoms with Crippen molar-refractivity contribution in [1.82, 2.24) is 9.38 Å². The van der Waals surface area contributed by atoms with Crippen LogP contribution < -0.4 is 5.73 Å². The molecule has 0 fully saturated rings. The van der Waals surface area contributed by atoms with Gasteiger partial charge >= 0.3 is 0 Å². The molecule has 0 spiro atoms. The van der Waals surface area contributed by atoms with Gasteiger partial charge in [-0.1, -0.05) is 18.2 Å². The highest BCUT2D eigenvalue weighted by Gasteiger charge is 2.11. The third-order valence-electron chi connectivity index (χ3n) is 3.13. The van der Waals surface area contributed by atoms with Crippen molar-refractivity contribution in [1.29, 1.82) is 0 Å². The molecule has 102 valence electrons. The van der Waals surface area contributed by atoms with Crippen LogP contribution >= 0.6 is 15.9 Å². The second-order valence-electron chi connectivity index (χ2n) is 4.55. The molecule has 0 aliphatic carbocycles. The minimum atomic E-state index is 0.576. The van der Waals surface area contributed by atoms with E-state index in [1.165, 1.54) is 0 Å². The van der Waals surface area contributed by atoms with Gasteiger partial charge in [0.15, 0.2) is 0 Å². The number of benzene rings is 1. The van der Waals surface area contributed by atoms with Crippen molar-refractivity contribution in [3.05, 3.63) is 52.6 Å². The van der Waals surface area contributed by atoms with Gasteiger partial charge in [0, 0.05) is 23.3 Å². The zero-order valence-corrected chi connectivity index (χ0v) is 12.6. The van der Waals surface area contributed by atoms with Crippen LogP contribution in [0.1, 0.15) is 5.56 Å². The van der Waals surface area contributed by atoms with Crippen molar-refractivity contribution in [3.63, 3.8) is 0 Å². The number of nitrogen functional groups attached to an aromatic ring is 1. The summed E-state index contributed by atoms with van der Waals surface area (Å²) in [6, 6.07) is 12.0. The van der Waals surface area contributed by atoms with Crippen LogP contribution in [-0.2, 0) is 11.3 Å². The third-order valence-corrected chi connectivity index (χ3v) is 3.60. The molecule has 0 bridgehead atoms. The van der Waals surface area contributed by atoms with E-state index in [-0.39, 0.29) is 0 Å². The lowest BCUT2D eigenvalue weighted by atomic mass is 10.1. The number of nitrogens with two attached hydrogens (primary N) is 1. The van der Waals surface area contributed by atoms with Crippen LogP contribution in [0.5, 0.6) is 0 Å². The standard InChI is InChI=1S/C15H14BrN3O/c1-20-9-10-3-2-4-11(7-10)14-15(17)19-8-12(16)5-6-13(19)18-14/h2-8H,9,17H2,1H3. The van der Waals surface area contributed by atoms with Gasteiger partial charge in [0.2, 0.25) is 0 Å². The number of halogens is 1. The van der Waals surface area contributed by atoms with Crippen LogP contribution in [0.15, 0.2) is 47.1 Å². The molecule has 3 rings (SSSR count). The molecule has 0 radical (unpaired) electrons. The summed E-state index contributed by atoms with van der Waals surface area (Å²) in [6.07, 6.45) is 1.92. The van der Waals surface area contributed by atoms with Crippen molar-refractivity contribution >= 4 is 27.4 Å². The lowest BCUT2D eigenvalue weighted by Gasteiger charge is -2.03. The lowest BCUT2D eigenvalue weighted by Crippen LogP contribution is -1.94. The Morgan fingerprint density at radius 3 is 2.95 bits per heavy atom. The average molecular weight is 332 g/mol. The number of nitrogens with zero attached hydrogens (tertiary/aromatic N) is 2. The first-order valence-corrected chi connectivity index (χ1v) is 6.99. The molecule has 4 nitrogen and oxygen atoms in total. The predicted molar refractivity (Wildman–Crippen MR) is 83.5 cm³/mol. The average Bonchev–Trinajstić information content (AvgIpc) is 2.77. The molecule has 0 amide bonds. The second kappa shape index (κ2) is 5.26. The molecule has 0 aliphatic heterocycles. The van der Waals surface area contributed by atoms with E-state index in [9.17, 15) is 0 Å². The summed E-state index contributed by atoms with van der Waals surface area (Å²) in [5.74, 6) is 0.635. The number of aromatic nitrogens is 2. The molecule has 3 aromatic rings. The van der Waals surface area contributed by atoms with E-state index in [1.807, 2.05) is 40.9 Å². The molecule has 0 unspecified atom stereocenters. The summed E-state index contributed by atoms with van der Waals surface area (Å²) in [5, 5.41) is 0. The fourth-order valence-electron chi connectivity index (χ4n) is 2.22. The monoisotopic (exact) mass is 331 g/mol. The van der Waals surface area contributed by atoms with E-state index >= 15 is 0 Å². The van der Waals surface area contributed by atoms with Gasteiger partial charge in [0.05, 0.1) is 6.61 Å². The van der Waals surface area contributed by atoms with Gasteiger partial charge in [-0.2, -0.15) is 0 Å². The number of hydrogen-bond donors (Lipinski definition) is 1. The molecule has 0 aliphatic rings. The maximum absolute atomic E-state index is 6.21. The first kappa shape index (κ1) is 13.1. The van der Waals surface area contributed by atoms with Crippen molar-refractivity contribution in [2.75, 3.05) is 12.8 Å². The number of imidazole rings is 1. The molecular formula is C15H14BrN3O. The highest BCUT2D eigenvalue weighted by molar-refractivity contribution is 9.10. The predicted octanol–water partition coefficient (Wildman–Crippen LogP) is 3.49. The fraction of sp³-hybridized carbons (Fsp3) is 0.133. The minimum absolute atomic E-state index is 0.576. The number of rotatable bonds is 3. The van der Waals surface area contributed by atoms with E-state index in [2.05, 4.69) is 27.0 Å². The van der Waals surface area contributed by atoms with Crippen LogP contribution in [0.2, 0.25) is 0 Å². The summed E-state index contributed by atoms with van der Waals surface area (Å²) in [5.41, 5.74) is 9.93. The molecule has 1 aromatic carbocycles. The van der Waals surface area contributed by atoms with E-state index in [0.717, 1.165) is 26.9 Å². The topological polar surface area (TPSA) is 52.5 Å². The first-order valence-electron chi connectivity index (χ1n) is 6.20. The maximum Gasteiger partial charge on any atom is 0.139 e. The Balaban J connectivity index is 2.14. The number of anilines is 1. The third kappa shape index (κ3) is 2.30. The van der Waals surface area contributed by atoms with Crippen molar-refractivity contribution in [2.24, 2.45) is 0 Å². The molecule has 20 heavy (non-hydrogen) atoms. The normalized spacial score (nSPS) is 11.1. The van der Waals surface area contributed by atoms with E-state index < -0.39 is 0 Å². The Kier molecular flexibility index (Phi) is 3.46. The number of pyridine rings is 1. The van der Waals surface area contributed by atoms with Gasteiger partial charge in [-0.15, -0.1) is 0 Å². The smallest absolute Gasteiger partial charge is 0.139 e. The number of methoxy groups -OCH3 is 1. The zero-order chi connectivity index (χ0) is 14.1. The molecule has 0 atom stereocenters. The van der Waals surface area contributed by atoms with E-state index in [4.69, 9.17) is 10.5 Å². The SMILES string of the molecule is COCc1cccc(-c2nc3ccc(Br)cn3c2N)c1. The van der Waals surface area contributed by atoms with Crippen LogP contribution in [0.3, 0.4) is 0 Å². The van der Waals surface area contributed by atoms with Gasteiger partial charge in [-0.3, -0.25) is 4.40 Å². The fourth-order valence-corrected chi connectivity index (χ4v) is 2.56. The van der Waals surface area contributed by atoms with Gasteiger partial charge < -0.3 is 10.5 Å². The molecule has 2 heterocycles. The largest absolute Gasteiger partial charge is 0.383 e. The Morgan fingerprint density at radius 2 is 2.15 bits per heavy atom. The zero-order valence-electron chi connectivity index (χ0n) is 11.0. The highest BCUT2D eigenvalue weighted by Crippen LogP contribution is 2.28. The Bertz CT molecular complexity index is 767. The van der Waals surface area contributed by atoms with Crippen molar-refractivity contribution in [3.8, 4) is 11.3 Å². The number of fused-ring (bicyclic) bond motifs is 1. The van der Waals surface area contributed by atoms with Gasteiger partial charge in [0.1, 0.15) is 17.2 Å². The molecule has 0 saturated carbocycles. The minimum Gasteiger partial charge on any atom is -0.383 e. The molecular weight excluding hydrogens is 318 g/mol. The Labute approximate surface area is 125 Å². The molecule has 2 aromatic heterocycles. The lowest BCUT2D eigenvalue weighted by molar-refractivity contribution is 0.185. The highest BCUT2D eigenvalue weighted by atomic mass is 79.9. The maximum atomic E-state index is 6.21. The summed E-state index contributed by atoms with van der Waals surface area (Å²) in [6.45, 7) is 0.576. The van der Waals surface area contributed by atoms with Crippen LogP contribution in [-0.4, -0.2) is 16.5 Å². The van der Waals surface area contributed by atoms with Gasteiger partial charge in [-0.25, -0.2) is 4.98 Å². The Morgan fingerprint density at radius 1 is 1.30 bits per heavy atom. The van der Waals surface area contributed by atoms with Gasteiger partial charge in [0.25, 0.3) is 0 Å². The quantitative estimate of drug-likeness (QED) is 0.799. The molecule has 2 N–H and O–H groups in total. The second-order valence-corrected chi connectivity index (χ2v) is 5.47. The van der Waals surface area contributed by atoms with Crippen LogP contribution in [0.4, 0.5) is 5.82 Å². The van der Waals surface area contributed by atoms with E-state index in [1.54, 1.807) is 7.11 Å². The van der Waals surface area contributed by atoms with Crippen LogP contribution in [0, 0.1) is 0 Å². The van der Waals surface area contributed by atoms with Crippen molar-refractivity contribution < 1.29 is 4.74 Å². The van der Waals surface area contributed by atoms with Crippen molar-refractivity contribution in [2.45, 2.75) is 6.61 Å². The number of hydrogen-bond acceptors (Lipinski definition) is 3. The summed E-state index contributed by atoms with van der Waals surface area (Å²) >= 11 is 3.44.